The van der Waals surface area contributed by atoms with Gasteiger partial charge in [-0.15, -0.1) is 11.3 Å². The summed E-state index contributed by atoms with van der Waals surface area (Å²) in [4.78, 5) is 39.8. The number of hydrogen-bond donors (Lipinski definition) is 0. The van der Waals surface area contributed by atoms with Crippen LogP contribution in [0.25, 0.3) is 10.2 Å². The van der Waals surface area contributed by atoms with Crippen LogP contribution in [0.3, 0.4) is 0 Å². The summed E-state index contributed by atoms with van der Waals surface area (Å²) in [5.41, 5.74) is -0.422. The number of carbonyl (C=O) groups is 1. The van der Waals surface area contributed by atoms with Crippen LogP contribution >= 0.6 is 34.5 Å². The number of nitrogens with zero attached hydrogens (tertiary/aromatic N) is 2. The zero-order valence-electron chi connectivity index (χ0n) is 16.2. The third-order valence-electron chi connectivity index (χ3n) is 4.42. The van der Waals surface area contributed by atoms with E-state index >= 15 is 0 Å². The van der Waals surface area contributed by atoms with Crippen LogP contribution in [0.1, 0.15) is 37.1 Å². The Hall–Kier alpha value is -2.09. The van der Waals surface area contributed by atoms with E-state index in [0.29, 0.717) is 25.8 Å². The number of halogens is 2. The molecule has 0 amide bonds. The lowest BCUT2D eigenvalue weighted by Gasteiger charge is -2.12. The zero-order valence-corrected chi connectivity index (χ0v) is 18.5. The Bertz CT molecular complexity index is 1190. The predicted molar refractivity (Wildman–Crippen MR) is 117 cm³/mol. The lowest BCUT2D eigenvalue weighted by Crippen LogP contribution is -2.41. The van der Waals surface area contributed by atoms with Crippen molar-refractivity contribution in [1.29, 1.82) is 0 Å². The van der Waals surface area contributed by atoms with Gasteiger partial charge < -0.3 is 4.74 Å². The first-order valence-electron chi connectivity index (χ1n) is 9.09. The van der Waals surface area contributed by atoms with Crippen molar-refractivity contribution in [3.8, 4) is 0 Å². The molecule has 0 bridgehead atoms. The van der Waals surface area contributed by atoms with Gasteiger partial charge >= 0.3 is 11.7 Å². The largest absolute Gasteiger partial charge is 0.465 e. The highest BCUT2D eigenvalue weighted by Crippen LogP contribution is 2.28. The van der Waals surface area contributed by atoms with Crippen LogP contribution < -0.4 is 11.2 Å². The molecule has 0 aliphatic heterocycles. The molecule has 3 rings (SSSR count). The van der Waals surface area contributed by atoms with Gasteiger partial charge in [0.2, 0.25) is 0 Å². The first kappa shape index (κ1) is 21.6. The van der Waals surface area contributed by atoms with Gasteiger partial charge in [-0.1, -0.05) is 43.1 Å². The number of carbonyl (C=O) groups excluding carboxylic acids is 1. The average Bonchev–Trinajstić information content (AvgIpc) is 3.10. The number of rotatable bonds is 6. The summed E-state index contributed by atoms with van der Waals surface area (Å²) in [6, 6.07) is 6.66. The summed E-state index contributed by atoms with van der Waals surface area (Å²) < 4.78 is 7.40. The third-order valence-corrected chi connectivity index (χ3v) is 6.46. The van der Waals surface area contributed by atoms with Crippen LogP contribution in [0.2, 0.25) is 10.0 Å². The summed E-state index contributed by atoms with van der Waals surface area (Å²) >= 11 is 13.5. The van der Waals surface area contributed by atoms with Crippen molar-refractivity contribution in [2.24, 2.45) is 0 Å². The Morgan fingerprint density at radius 2 is 1.90 bits per heavy atom. The number of esters is 1. The molecule has 0 atom stereocenters. The molecule has 0 unspecified atom stereocenters. The van der Waals surface area contributed by atoms with E-state index in [9.17, 15) is 14.4 Å². The molecular weight excluding hydrogens is 435 g/mol. The molecule has 6 nitrogen and oxygen atoms in total. The maximum absolute atomic E-state index is 13.2. The second-order valence-corrected chi connectivity index (χ2v) is 8.73. The van der Waals surface area contributed by atoms with E-state index in [1.165, 1.54) is 15.9 Å². The Morgan fingerprint density at radius 3 is 2.52 bits per heavy atom. The normalized spacial score (nSPS) is 11.4. The van der Waals surface area contributed by atoms with Gasteiger partial charge in [-0.2, -0.15) is 0 Å². The van der Waals surface area contributed by atoms with Crippen molar-refractivity contribution < 1.29 is 9.53 Å². The highest BCUT2D eigenvalue weighted by atomic mass is 35.5. The zero-order chi connectivity index (χ0) is 21.3. The topological polar surface area (TPSA) is 70.3 Å². The van der Waals surface area contributed by atoms with Gasteiger partial charge in [-0.05, 0) is 36.6 Å². The first-order valence-corrected chi connectivity index (χ1v) is 10.7. The Labute approximate surface area is 181 Å². The van der Waals surface area contributed by atoms with E-state index in [-0.39, 0.29) is 25.6 Å². The molecule has 0 saturated carbocycles. The lowest BCUT2D eigenvalue weighted by molar-refractivity contribution is -0.143. The van der Waals surface area contributed by atoms with Crippen LogP contribution in [0.15, 0.2) is 33.9 Å². The van der Waals surface area contributed by atoms with E-state index < -0.39 is 17.2 Å². The first-order chi connectivity index (χ1) is 13.7. The molecule has 0 N–H and O–H groups in total. The summed E-state index contributed by atoms with van der Waals surface area (Å²) in [5.74, 6) is -0.359. The van der Waals surface area contributed by atoms with E-state index in [0.717, 1.165) is 9.44 Å². The van der Waals surface area contributed by atoms with E-state index in [1.54, 1.807) is 31.2 Å². The average molecular weight is 455 g/mol. The summed E-state index contributed by atoms with van der Waals surface area (Å²) in [6.07, 6.45) is 0. The molecule has 29 heavy (non-hydrogen) atoms. The van der Waals surface area contributed by atoms with Crippen molar-refractivity contribution >= 4 is 50.7 Å². The number of fused-ring (bicyclic) bond motifs is 1. The number of ether oxygens (including phenoxy) is 1. The van der Waals surface area contributed by atoms with Crippen LogP contribution in [0.4, 0.5) is 0 Å². The van der Waals surface area contributed by atoms with Gasteiger partial charge in [-0.25, -0.2) is 4.79 Å². The number of hydrogen-bond acceptors (Lipinski definition) is 5. The minimum atomic E-state index is -0.585. The molecule has 0 aliphatic carbocycles. The standard InChI is InChI=1S/C20H20Cl2N2O4S/c1-4-28-17(25)10-24-19-14(8-16(29-19)11(2)3)18(26)23(20(24)27)9-12-5-6-13(21)7-15(12)22/h5-8,11H,4,9-10H2,1-3H3. The second-order valence-electron chi connectivity index (χ2n) is 6.82. The highest BCUT2D eigenvalue weighted by Gasteiger charge is 2.20. The second kappa shape index (κ2) is 8.73. The minimum absolute atomic E-state index is 0.0285. The molecule has 0 fully saturated rings. The van der Waals surface area contributed by atoms with Gasteiger partial charge in [-0.3, -0.25) is 18.7 Å². The Morgan fingerprint density at radius 1 is 1.17 bits per heavy atom. The van der Waals surface area contributed by atoms with Crippen LogP contribution in [-0.4, -0.2) is 21.7 Å². The molecular formula is C20H20Cl2N2O4S. The molecule has 0 aliphatic rings. The minimum Gasteiger partial charge on any atom is -0.465 e. The maximum atomic E-state index is 13.2. The Kier molecular flexibility index (Phi) is 6.51. The lowest BCUT2D eigenvalue weighted by atomic mass is 10.2. The molecule has 0 saturated heterocycles. The summed E-state index contributed by atoms with van der Waals surface area (Å²) in [6.45, 7) is 5.62. The molecule has 0 radical (unpaired) electrons. The molecule has 2 heterocycles. The van der Waals surface area contributed by atoms with Crippen molar-refractivity contribution in [2.45, 2.75) is 39.8 Å². The van der Waals surface area contributed by atoms with Gasteiger partial charge in [0, 0.05) is 14.9 Å². The molecule has 9 heteroatoms. The quantitative estimate of drug-likeness (QED) is 0.521. The van der Waals surface area contributed by atoms with Gasteiger partial charge in [0.1, 0.15) is 11.4 Å². The van der Waals surface area contributed by atoms with E-state index in [2.05, 4.69) is 0 Å². The molecule has 3 aromatic rings. The molecule has 2 aromatic heterocycles. The summed E-state index contributed by atoms with van der Waals surface area (Å²) in [7, 11) is 0. The van der Waals surface area contributed by atoms with Crippen molar-refractivity contribution in [3.63, 3.8) is 0 Å². The molecule has 0 spiro atoms. The van der Waals surface area contributed by atoms with Gasteiger partial charge in [0.05, 0.1) is 18.5 Å². The van der Waals surface area contributed by atoms with Gasteiger partial charge in [0.15, 0.2) is 0 Å². The fourth-order valence-corrected chi connectivity index (χ4v) is 4.55. The molecule has 1 aromatic carbocycles. The summed E-state index contributed by atoms with van der Waals surface area (Å²) in [5, 5.41) is 1.21. The number of thiophene rings is 1. The van der Waals surface area contributed by atoms with Crippen molar-refractivity contribution in [1.82, 2.24) is 9.13 Å². The number of benzene rings is 1. The van der Waals surface area contributed by atoms with E-state index in [4.69, 9.17) is 27.9 Å². The fraction of sp³-hybridized carbons (Fsp3) is 0.350. The van der Waals surface area contributed by atoms with E-state index in [1.807, 2.05) is 13.8 Å². The van der Waals surface area contributed by atoms with Crippen LogP contribution in [-0.2, 0) is 22.6 Å². The smallest absolute Gasteiger partial charge is 0.332 e. The third kappa shape index (κ3) is 4.42. The van der Waals surface area contributed by atoms with Crippen molar-refractivity contribution in [2.75, 3.05) is 6.61 Å². The number of aromatic nitrogens is 2. The molecule has 154 valence electrons. The monoisotopic (exact) mass is 454 g/mol. The SMILES string of the molecule is CCOC(=O)Cn1c(=O)n(Cc2ccc(Cl)cc2Cl)c(=O)c2cc(C(C)C)sc21. The van der Waals surface area contributed by atoms with Crippen LogP contribution in [0.5, 0.6) is 0 Å². The Balaban J connectivity index is 2.22. The van der Waals surface area contributed by atoms with Crippen molar-refractivity contribution in [3.05, 3.63) is 65.6 Å². The fourth-order valence-electron chi connectivity index (χ4n) is 2.94. The van der Waals surface area contributed by atoms with Gasteiger partial charge in [0.25, 0.3) is 5.56 Å². The predicted octanol–water partition coefficient (Wildman–Crippen LogP) is 4.27. The van der Waals surface area contributed by atoms with Crippen LogP contribution in [0, 0.1) is 0 Å². The maximum Gasteiger partial charge on any atom is 0.332 e. The highest BCUT2D eigenvalue weighted by molar-refractivity contribution is 7.18.